The van der Waals surface area contributed by atoms with Crippen LogP contribution in [0.3, 0.4) is 0 Å². The molecule has 0 amide bonds. The zero-order valence-electron chi connectivity index (χ0n) is 14.0. The average molecular weight is 270 g/mol. The van der Waals surface area contributed by atoms with Crippen molar-refractivity contribution in [3.8, 4) is 0 Å². The van der Waals surface area contributed by atoms with Gasteiger partial charge in [0.2, 0.25) is 0 Å². The van der Waals surface area contributed by atoms with E-state index in [4.69, 9.17) is 4.74 Å². The molecule has 114 valence electrons. The summed E-state index contributed by atoms with van der Waals surface area (Å²) in [6, 6.07) is 1.22. The van der Waals surface area contributed by atoms with Crippen LogP contribution in [0.5, 0.6) is 0 Å². The Labute approximate surface area is 120 Å². The van der Waals surface area contributed by atoms with E-state index in [1.807, 2.05) is 0 Å². The maximum absolute atomic E-state index is 5.79. The van der Waals surface area contributed by atoms with Crippen LogP contribution in [0.1, 0.15) is 47.5 Å². The van der Waals surface area contributed by atoms with Gasteiger partial charge in [0.25, 0.3) is 0 Å². The molecular formula is C16H34N2O. The van der Waals surface area contributed by atoms with Crippen molar-refractivity contribution in [2.75, 3.05) is 27.2 Å². The van der Waals surface area contributed by atoms with E-state index in [9.17, 15) is 0 Å². The molecule has 0 aromatic heterocycles. The van der Waals surface area contributed by atoms with Crippen LogP contribution in [0.25, 0.3) is 0 Å². The van der Waals surface area contributed by atoms with E-state index >= 15 is 0 Å². The van der Waals surface area contributed by atoms with Gasteiger partial charge < -0.3 is 15.0 Å². The van der Waals surface area contributed by atoms with Gasteiger partial charge in [0.1, 0.15) is 0 Å². The van der Waals surface area contributed by atoms with Crippen LogP contribution in [-0.2, 0) is 4.74 Å². The molecule has 3 unspecified atom stereocenters. The Kier molecular flexibility index (Phi) is 6.28. The van der Waals surface area contributed by atoms with E-state index < -0.39 is 0 Å². The minimum absolute atomic E-state index is 0.269. The van der Waals surface area contributed by atoms with Gasteiger partial charge in [-0.1, -0.05) is 27.7 Å². The maximum Gasteiger partial charge on any atom is 0.0655 e. The number of rotatable bonds is 8. The molecule has 0 saturated heterocycles. The van der Waals surface area contributed by atoms with Gasteiger partial charge in [-0.05, 0) is 39.8 Å². The van der Waals surface area contributed by atoms with Crippen molar-refractivity contribution >= 4 is 0 Å². The van der Waals surface area contributed by atoms with Gasteiger partial charge in [-0.15, -0.1) is 0 Å². The van der Waals surface area contributed by atoms with E-state index in [1.165, 1.54) is 6.42 Å². The number of nitrogens with one attached hydrogen (secondary N) is 1. The average Bonchev–Trinajstić information content (AvgIpc) is 2.30. The van der Waals surface area contributed by atoms with Crippen molar-refractivity contribution < 1.29 is 4.74 Å². The fourth-order valence-corrected chi connectivity index (χ4v) is 3.02. The molecule has 3 atom stereocenters. The van der Waals surface area contributed by atoms with Gasteiger partial charge in [0, 0.05) is 30.7 Å². The predicted molar refractivity (Wildman–Crippen MR) is 82.5 cm³/mol. The second-order valence-electron chi connectivity index (χ2n) is 7.21. The van der Waals surface area contributed by atoms with Crippen LogP contribution in [0.15, 0.2) is 0 Å². The summed E-state index contributed by atoms with van der Waals surface area (Å²) >= 11 is 0. The smallest absolute Gasteiger partial charge is 0.0655 e. The lowest BCUT2D eigenvalue weighted by Gasteiger charge is -2.52. The minimum atomic E-state index is 0.269. The summed E-state index contributed by atoms with van der Waals surface area (Å²) in [7, 11) is 4.37. The van der Waals surface area contributed by atoms with Crippen molar-refractivity contribution in [3.05, 3.63) is 0 Å². The largest absolute Gasteiger partial charge is 0.378 e. The number of nitrogens with zero attached hydrogens (tertiary/aromatic N) is 1. The van der Waals surface area contributed by atoms with E-state index in [0.717, 1.165) is 25.5 Å². The molecule has 0 bridgehead atoms. The van der Waals surface area contributed by atoms with Gasteiger partial charge in [0.05, 0.1) is 6.10 Å². The SMILES string of the molecule is CCOC1CC(NCC(CC(C)C)N(C)C)C1(C)C. The van der Waals surface area contributed by atoms with Gasteiger partial charge in [-0.3, -0.25) is 0 Å². The Hall–Kier alpha value is -0.120. The molecule has 0 spiro atoms. The summed E-state index contributed by atoms with van der Waals surface area (Å²) in [5.74, 6) is 0.750. The second-order valence-corrected chi connectivity index (χ2v) is 7.21. The molecule has 1 rings (SSSR count). The Morgan fingerprint density at radius 1 is 1.32 bits per heavy atom. The van der Waals surface area contributed by atoms with E-state index in [-0.39, 0.29) is 5.41 Å². The number of likely N-dealkylation sites (N-methyl/N-ethyl adjacent to an activating group) is 1. The third-order valence-electron chi connectivity index (χ3n) is 4.62. The fourth-order valence-electron chi connectivity index (χ4n) is 3.02. The van der Waals surface area contributed by atoms with E-state index in [2.05, 4.69) is 58.9 Å². The molecule has 3 heteroatoms. The van der Waals surface area contributed by atoms with Crippen LogP contribution in [0, 0.1) is 11.3 Å². The maximum atomic E-state index is 5.79. The molecule has 1 fully saturated rings. The van der Waals surface area contributed by atoms with Crippen LogP contribution in [0.4, 0.5) is 0 Å². The molecule has 19 heavy (non-hydrogen) atoms. The van der Waals surface area contributed by atoms with E-state index in [0.29, 0.717) is 18.2 Å². The predicted octanol–water partition coefficient (Wildman–Crippen LogP) is 2.76. The summed E-state index contributed by atoms with van der Waals surface area (Å²) in [4.78, 5) is 2.35. The zero-order chi connectivity index (χ0) is 14.6. The van der Waals surface area contributed by atoms with Crippen LogP contribution >= 0.6 is 0 Å². The molecule has 1 aliphatic carbocycles. The quantitative estimate of drug-likeness (QED) is 0.734. The summed E-state index contributed by atoms with van der Waals surface area (Å²) in [6.45, 7) is 13.2. The molecule has 1 N–H and O–H groups in total. The Morgan fingerprint density at radius 3 is 2.37 bits per heavy atom. The van der Waals surface area contributed by atoms with Crippen LogP contribution < -0.4 is 5.32 Å². The minimum Gasteiger partial charge on any atom is -0.378 e. The molecule has 3 nitrogen and oxygen atoms in total. The first kappa shape index (κ1) is 16.9. The highest BCUT2D eigenvalue weighted by atomic mass is 16.5. The molecule has 1 saturated carbocycles. The van der Waals surface area contributed by atoms with Gasteiger partial charge in [0.15, 0.2) is 0 Å². The molecule has 0 radical (unpaired) electrons. The summed E-state index contributed by atoms with van der Waals surface area (Å²) in [5, 5.41) is 3.76. The second kappa shape index (κ2) is 7.05. The highest BCUT2D eigenvalue weighted by molar-refractivity contribution is 5.03. The van der Waals surface area contributed by atoms with Crippen molar-refractivity contribution in [1.29, 1.82) is 0 Å². The fraction of sp³-hybridized carbons (Fsp3) is 1.00. The first-order valence-corrected chi connectivity index (χ1v) is 7.80. The van der Waals surface area contributed by atoms with Crippen molar-refractivity contribution in [2.24, 2.45) is 11.3 Å². The van der Waals surface area contributed by atoms with Crippen molar-refractivity contribution in [3.63, 3.8) is 0 Å². The Bertz CT molecular complexity index is 263. The lowest BCUT2D eigenvalue weighted by atomic mass is 9.64. The van der Waals surface area contributed by atoms with Crippen molar-refractivity contribution in [1.82, 2.24) is 10.2 Å². The lowest BCUT2D eigenvalue weighted by molar-refractivity contribution is -0.114. The molecular weight excluding hydrogens is 236 g/mol. The highest BCUT2D eigenvalue weighted by Gasteiger charge is 2.48. The molecule has 0 heterocycles. The third kappa shape index (κ3) is 4.44. The number of hydrogen-bond donors (Lipinski definition) is 1. The summed E-state index contributed by atoms with van der Waals surface area (Å²) in [6.07, 6.45) is 2.84. The monoisotopic (exact) mass is 270 g/mol. The Balaban J connectivity index is 2.40. The molecule has 1 aliphatic rings. The van der Waals surface area contributed by atoms with Crippen molar-refractivity contribution in [2.45, 2.75) is 65.6 Å². The first-order valence-electron chi connectivity index (χ1n) is 7.80. The van der Waals surface area contributed by atoms with Gasteiger partial charge >= 0.3 is 0 Å². The van der Waals surface area contributed by atoms with Gasteiger partial charge in [-0.2, -0.15) is 0 Å². The zero-order valence-corrected chi connectivity index (χ0v) is 14.0. The van der Waals surface area contributed by atoms with Crippen LogP contribution in [0.2, 0.25) is 0 Å². The van der Waals surface area contributed by atoms with Crippen LogP contribution in [-0.4, -0.2) is 50.3 Å². The molecule has 0 aromatic carbocycles. The topological polar surface area (TPSA) is 24.5 Å². The first-order chi connectivity index (χ1) is 8.78. The molecule has 0 aliphatic heterocycles. The third-order valence-corrected chi connectivity index (χ3v) is 4.62. The van der Waals surface area contributed by atoms with Gasteiger partial charge in [-0.25, -0.2) is 0 Å². The summed E-state index contributed by atoms with van der Waals surface area (Å²) < 4.78 is 5.79. The normalized spacial score (nSPS) is 27.6. The Morgan fingerprint density at radius 2 is 1.95 bits per heavy atom. The molecule has 0 aromatic rings. The number of ether oxygens (including phenoxy) is 1. The number of hydrogen-bond acceptors (Lipinski definition) is 3. The van der Waals surface area contributed by atoms with E-state index in [1.54, 1.807) is 0 Å². The highest BCUT2D eigenvalue weighted by Crippen LogP contribution is 2.42. The standard InChI is InChI=1S/C16H34N2O/c1-8-19-15-10-14(16(15,4)5)17-11-13(18(6)7)9-12(2)3/h12-15,17H,8-11H2,1-7H3. The lowest BCUT2D eigenvalue weighted by Crippen LogP contribution is -2.62. The summed E-state index contributed by atoms with van der Waals surface area (Å²) in [5.41, 5.74) is 0.269.